The Morgan fingerprint density at radius 1 is 1.38 bits per heavy atom. The Hall–Kier alpha value is -3.17. The first-order valence-corrected chi connectivity index (χ1v) is 10.6. The van der Waals surface area contributed by atoms with Crippen molar-refractivity contribution in [3.63, 3.8) is 0 Å². The van der Waals surface area contributed by atoms with Crippen LogP contribution in [0.5, 0.6) is 0 Å². The number of amides is 2. The topological polar surface area (TPSA) is 102 Å². The maximum Gasteiger partial charge on any atom is 0.273 e. The van der Waals surface area contributed by atoms with Crippen molar-refractivity contribution >= 4 is 23.4 Å². The number of aryl methyl sites for hydroxylation is 1. The van der Waals surface area contributed by atoms with E-state index in [4.69, 9.17) is 20.8 Å². The lowest BCUT2D eigenvalue weighted by atomic mass is 9.95. The predicted molar refractivity (Wildman–Crippen MR) is 117 cm³/mol. The first kappa shape index (κ1) is 22.0. The molecule has 2 aromatic heterocycles. The Bertz CT molecular complexity index is 1110. The molecular formula is C22H24ClN5O4. The highest BCUT2D eigenvalue weighted by atomic mass is 35.5. The van der Waals surface area contributed by atoms with E-state index in [1.165, 1.54) is 6.26 Å². The molecule has 3 heterocycles. The smallest absolute Gasteiger partial charge is 0.273 e. The van der Waals surface area contributed by atoms with Gasteiger partial charge in [0.25, 0.3) is 5.91 Å². The van der Waals surface area contributed by atoms with Crippen LogP contribution in [0.25, 0.3) is 11.5 Å². The third-order valence-corrected chi connectivity index (χ3v) is 5.84. The van der Waals surface area contributed by atoms with Gasteiger partial charge in [0.2, 0.25) is 11.8 Å². The van der Waals surface area contributed by atoms with Gasteiger partial charge >= 0.3 is 0 Å². The van der Waals surface area contributed by atoms with E-state index >= 15 is 0 Å². The van der Waals surface area contributed by atoms with Crippen molar-refractivity contribution < 1.29 is 18.7 Å². The summed E-state index contributed by atoms with van der Waals surface area (Å²) in [4.78, 5) is 31.5. The fraction of sp³-hybridized carbons (Fsp3) is 0.364. The number of ether oxygens (including phenoxy) is 1. The van der Waals surface area contributed by atoms with Crippen LogP contribution in [-0.4, -0.2) is 58.3 Å². The van der Waals surface area contributed by atoms with Crippen LogP contribution < -0.4 is 5.32 Å². The van der Waals surface area contributed by atoms with Crippen LogP contribution in [0.2, 0.25) is 5.02 Å². The number of carbonyl (C=O) groups excluding carboxylic acids is 2. The van der Waals surface area contributed by atoms with Gasteiger partial charge in [0, 0.05) is 51.3 Å². The zero-order valence-corrected chi connectivity index (χ0v) is 18.6. The zero-order valence-electron chi connectivity index (χ0n) is 17.8. The molecule has 0 bridgehead atoms. The number of benzene rings is 1. The molecule has 9 nitrogen and oxygen atoms in total. The number of aromatic nitrogens is 3. The Morgan fingerprint density at radius 2 is 2.19 bits per heavy atom. The van der Waals surface area contributed by atoms with Crippen LogP contribution in [-0.2, 0) is 16.6 Å². The third kappa shape index (κ3) is 4.53. The Morgan fingerprint density at radius 3 is 2.91 bits per heavy atom. The molecule has 32 heavy (non-hydrogen) atoms. The molecule has 1 aliphatic heterocycles. The molecule has 1 aromatic carbocycles. The molecule has 1 aliphatic rings. The number of hydrogen-bond acceptors (Lipinski definition) is 6. The van der Waals surface area contributed by atoms with Gasteiger partial charge < -0.3 is 19.4 Å². The van der Waals surface area contributed by atoms with E-state index in [1.54, 1.807) is 41.1 Å². The molecule has 168 valence electrons. The molecule has 1 N–H and O–H groups in total. The van der Waals surface area contributed by atoms with Crippen molar-refractivity contribution in [1.82, 2.24) is 25.0 Å². The van der Waals surface area contributed by atoms with Gasteiger partial charge in [-0.05, 0) is 12.1 Å². The fourth-order valence-corrected chi connectivity index (χ4v) is 4.21. The second-order valence-corrected chi connectivity index (χ2v) is 8.07. The maximum absolute atomic E-state index is 12.7. The highest BCUT2D eigenvalue weighted by Gasteiger charge is 2.41. The molecule has 1 saturated heterocycles. The van der Waals surface area contributed by atoms with E-state index < -0.39 is 0 Å². The molecule has 4 rings (SSSR count). The lowest BCUT2D eigenvalue weighted by Crippen LogP contribution is -2.35. The lowest BCUT2D eigenvalue weighted by Gasteiger charge is -2.27. The van der Waals surface area contributed by atoms with E-state index in [-0.39, 0.29) is 35.4 Å². The molecular weight excluding hydrogens is 434 g/mol. The van der Waals surface area contributed by atoms with Gasteiger partial charge in [0.15, 0.2) is 5.69 Å². The number of nitrogens with one attached hydrogen (secondary N) is 1. The summed E-state index contributed by atoms with van der Waals surface area (Å²) in [7, 11) is 3.43. The van der Waals surface area contributed by atoms with Gasteiger partial charge in [-0.1, -0.05) is 23.7 Å². The highest BCUT2D eigenvalue weighted by Crippen LogP contribution is 2.37. The SMILES string of the molecule is COCCN1C(=O)C[C@H](CNC(=O)c2coc(-c3ccccc3Cl)n2)[C@H]1c1cnn(C)c1. The van der Waals surface area contributed by atoms with E-state index in [0.29, 0.717) is 36.7 Å². The molecule has 2 amide bonds. The van der Waals surface area contributed by atoms with Gasteiger partial charge in [-0.15, -0.1) is 0 Å². The summed E-state index contributed by atoms with van der Waals surface area (Å²) in [5.41, 5.74) is 1.69. The summed E-state index contributed by atoms with van der Waals surface area (Å²) in [6.07, 6.45) is 5.28. The normalized spacial score (nSPS) is 18.3. The van der Waals surface area contributed by atoms with Crippen LogP contribution in [0.1, 0.15) is 28.5 Å². The highest BCUT2D eigenvalue weighted by molar-refractivity contribution is 6.33. The Kier molecular flexibility index (Phi) is 6.57. The number of oxazole rings is 1. The molecule has 2 atom stereocenters. The van der Waals surface area contributed by atoms with Gasteiger partial charge in [0.1, 0.15) is 6.26 Å². The summed E-state index contributed by atoms with van der Waals surface area (Å²) in [6, 6.07) is 6.93. The summed E-state index contributed by atoms with van der Waals surface area (Å²) in [5.74, 6) is -0.185. The van der Waals surface area contributed by atoms with E-state index in [0.717, 1.165) is 5.56 Å². The summed E-state index contributed by atoms with van der Waals surface area (Å²) in [5, 5.41) is 7.62. The van der Waals surface area contributed by atoms with Gasteiger partial charge in [-0.3, -0.25) is 14.3 Å². The van der Waals surface area contributed by atoms with E-state index in [1.807, 2.05) is 19.3 Å². The number of rotatable bonds is 8. The van der Waals surface area contributed by atoms with Crippen LogP contribution in [0.15, 0.2) is 47.3 Å². The molecule has 10 heteroatoms. The molecule has 1 fully saturated rings. The van der Waals surface area contributed by atoms with Crippen molar-refractivity contribution in [2.24, 2.45) is 13.0 Å². The van der Waals surface area contributed by atoms with Crippen molar-refractivity contribution in [3.05, 3.63) is 59.2 Å². The van der Waals surface area contributed by atoms with Crippen molar-refractivity contribution in [2.75, 3.05) is 26.8 Å². The van der Waals surface area contributed by atoms with Crippen LogP contribution >= 0.6 is 11.6 Å². The Balaban J connectivity index is 1.46. The number of nitrogens with zero attached hydrogens (tertiary/aromatic N) is 4. The largest absolute Gasteiger partial charge is 0.444 e. The van der Waals surface area contributed by atoms with Crippen molar-refractivity contribution in [2.45, 2.75) is 12.5 Å². The first-order chi connectivity index (χ1) is 15.5. The second kappa shape index (κ2) is 9.54. The minimum Gasteiger partial charge on any atom is -0.444 e. The quantitative estimate of drug-likeness (QED) is 0.558. The summed E-state index contributed by atoms with van der Waals surface area (Å²) >= 11 is 6.18. The van der Waals surface area contributed by atoms with Gasteiger partial charge in [0.05, 0.1) is 29.4 Å². The average molecular weight is 458 g/mol. The number of hydrogen-bond donors (Lipinski definition) is 1. The fourth-order valence-electron chi connectivity index (χ4n) is 4.00. The summed E-state index contributed by atoms with van der Waals surface area (Å²) in [6.45, 7) is 1.22. The number of halogens is 1. The third-order valence-electron chi connectivity index (χ3n) is 5.51. The molecule has 0 spiro atoms. The molecule has 0 aliphatic carbocycles. The second-order valence-electron chi connectivity index (χ2n) is 7.66. The molecule has 0 saturated carbocycles. The van der Waals surface area contributed by atoms with Gasteiger partial charge in [-0.25, -0.2) is 4.98 Å². The van der Waals surface area contributed by atoms with Crippen molar-refractivity contribution in [3.8, 4) is 11.5 Å². The van der Waals surface area contributed by atoms with Gasteiger partial charge in [-0.2, -0.15) is 5.10 Å². The molecule has 3 aromatic rings. The van der Waals surface area contributed by atoms with Crippen LogP contribution in [0, 0.1) is 5.92 Å². The van der Waals surface area contributed by atoms with Crippen molar-refractivity contribution in [1.29, 1.82) is 0 Å². The first-order valence-electron chi connectivity index (χ1n) is 10.2. The van der Waals surface area contributed by atoms with E-state index in [9.17, 15) is 9.59 Å². The predicted octanol–water partition coefficient (Wildman–Crippen LogP) is 2.69. The van der Waals surface area contributed by atoms with E-state index in [2.05, 4.69) is 15.4 Å². The standard InChI is InChI=1S/C22H24ClN5O4/c1-27-12-15(11-25-27)20-14(9-19(29)28(20)7-8-31-2)10-24-21(30)18-13-32-22(26-18)16-5-3-4-6-17(16)23/h3-6,11-14,20H,7-10H2,1-2H3,(H,24,30)/t14-,20+/m1/s1. The lowest BCUT2D eigenvalue weighted by molar-refractivity contribution is -0.129. The van der Waals surface area contributed by atoms with Crippen LogP contribution in [0.3, 0.4) is 0 Å². The number of methoxy groups -OCH3 is 1. The number of carbonyl (C=O) groups is 2. The maximum atomic E-state index is 12.7. The molecule has 0 unspecified atom stereocenters. The Labute approximate surface area is 190 Å². The molecule has 0 radical (unpaired) electrons. The zero-order chi connectivity index (χ0) is 22.7. The minimum atomic E-state index is -0.375. The monoisotopic (exact) mass is 457 g/mol. The minimum absolute atomic E-state index is 0.0255. The average Bonchev–Trinajstić information content (AvgIpc) is 3.50. The number of likely N-dealkylation sites (tertiary alicyclic amines) is 1. The van der Waals surface area contributed by atoms with Crippen LogP contribution in [0.4, 0.5) is 0 Å². The summed E-state index contributed by atoms with van der Waals surface area (Å²) < 4.78 is 12.3.